The van der Waals surface area contributed by atoms with Crippen molar-refractivity contribution in [3.8, 4) is 0 Å². The van der Waals surface area contributed by atoms with E-state index in [0.29, 0.717) is 38.6 Å². The van der Waals surface area contributed by atoms with Crippen LogP contribution in [0.25, 0.3) is 0 Å². The van der Waals surface area contributed by atoms with Crippen LogP contribution in [0.15, 0.2) is 0 Å². The molecule has 32 heavy (non-hydrogen) atoms. The third-order valence-corrected chi connectivity index (χ3v) is 9.26. The zero-order valence-corrected chi connectivity index (χ0v) is 22.6. The molecule has 0 saturated heterocycles. The number of carbonyl (C=O) groups is 1. The van der Waals surface area contributed by atoms with E-state index in [1.54, 1.807) is 11.8 Å². The first-order chi connectivity index (χ1) is 14.2. The third kappa shape index (κ3) is 23.1. The molecule has 0 aliphatic heterocycles. The zero-order valence-electron chi connectivity index (χ0n) is 19.8. The van der Waals surface area contributed by atoms with Gasteiger partial charge in [-0.25, -0.2) is 0 Å². The predicted molar refractivity (Wildman–Crippen MR) is 119 cm³/mol. The molecule has 0 amide bonds. The Labute approximate surface area is 192 Å². The van der Waals surface area contributed by atoms with Crippen LogP contribution in [0, 0.1) is 0 Å². The molecule has 0 aromatic carbocycles. The van der Waals surface area contributed by atoms with Crippen molar-refractivity contribution in [1.29, 1.82) is 0 Å². The van der Waals surface area contributed by atoms with Crippen molar-refractivity contribution in [2.75, 3.05) is 59.9 Å². The van der Waals surface area contributed by atoms with Crippen molar-refractivity contribution in [3.63, 3.8) is 0 Å². The van der Waals surface area contributed by atoms with Crippen LogP contribution < -0.4 is 0 Å². The summed E-state index contributed by atoms with van der Waals surface area (Å²) >= 11 is 1.70. The standard InChI is InChI=1S/C17H38NO5SSi.F6P/c1-8-17(25(21-9-2,22-10-3)23-11-4)24-15-12-16(19)20-14-13-18(5,6)7;1-7(2,3,4,5)6/h17H,8-15H2,1-7H3;/q+1;-1. The summed E-state index contributed by atoms with van der Waals surface area (Å²) in [5, 5.41) is 0. The quantitative estimate of drug-likeness (QED) is 0.0820. The second-order valence-corrected chi connectivity index (χ2v) is 14.0. The van der Waals surface area contributed by atoms with Gasteiger partial charge in [0.15, 0.2) is 0 Å². The number of hydrogen-bond donors (Lipinski definition) is 0. The van der Waals surface area contributed by atoms with E-state index in [1.165, 1.54) is 0 Å². The molecule has 0 aromatic rings. The van der Waals surface area contributed by atoms with Crippen LogP contribution in [0.4, 0.5) is 25.2 Å². The summed E-state index contributed by atoms with van der Waals surface area (Å²) in [5.74, 6) is 0.538. The molecule has 0 fully saturated rings. The van der Waals surface area contributed by atoms with Crippen LogP contribution in [0.1, 0.15) is 40.5 Å². The molecule has 1 unspecified atom stereocenters. The zero-order chi connectivity index (χ0) is 25.8. The Hall–Kier alpha value is -0.113. The Kier molecular flexibility index (Phi) is 13.9. The van der Waals surface area contributed by atoms with Gasteiger partial charge in [-0.3, -0.25) is 4.79 Å². The second-order valence-electron chi connectivity index (χ2n) is 7.61. The van der Waals surface area contributed by atoms with E-state index >= 15 is 0 Å². The number of likely N-dealkylation sites (N-methyl/N-ethyl adjacent to an activating group) is 1. The molecule has 1 atom stereocenters. The average Bonchev–Trinajstić information content (AvgIpc) is 2.55. The number of quaternary nitrogens is 1. The van der Waals surface area contributed by atoms with Gasteiger partial charge < -0.3 is 22.5 Å². The number of esters is 1. The molecule has 0 aromatic heterocycles. The predicted octanol–water partition coefficient (Wildman–Crippen LogP) is 6.11. The topological polar surface area (TPSA) is 54.0 Å². The molecule has 0 aliphatic carbocycles. The van der Waals surface area contributed by atoms with Crippen molar-refractivity contribution in [1.82, 2.24) is 0 Å². The summed E-state index contributed by atoms with van der Waals surface area (Å²) in [6.45, 7) is 11.0. The van der Waals surface area contributed by atoms with Crippen LogP contribution in [0.3, 0.4) is 0 Å². The molecule has 0 radical (unpaired) electrons. The minimum absolute atomic E-state index is 0.131. The normalized spacial score (nSPS) is 15.8. The Morgan fingerprint density at radius 1 is 0.906 bits per heavy atom. The first-order valence-electron chi connectivity index (χ1n) is 10.3. The van der Waals surface area contributed by atoms with E-state index in [1.807, 2.05) is 20.8 Å². The van der Waals surface area contributed by atoms with Gasteiger partial charge in [-0.15, -0.1) is 0 Å². The molecule has 0 bridgehead atoms. The number of thioether (sulfide) groups is 1. The van der Waals surface area contributed by atoms with Crippen LogP contribution in [-0.2, 0) is 22.8 Å². The summed E-state index contributed by atoms with van der Waals surface area (Å²) in [7, 11) is -7.16. The van der Waals surface area contributed by atoms with Gasteiger partial charge >= 0.3 is 47.8 Å². The molecular weight excluding hydrogens is 503 g/mol. The molecule has 0 rings (SSSR count). The average molecular weight is 542 g/mol. The summed E-state index contributed by atoms with van der Waals surface area (Å²) in [5.41, 5.74) is 0. The fraction of sp³-hybridized carbons (Fsp3) is 0.941. The Morgan fingerprint density at radius 2 is 1.31 bits per heavy atom. The first-order valence-corrected chi connectivity index (χ1v) is 15.1. The summed E-state index contributed by atoms with van der Waals surface area (Å²) in [6, 6.07) is 0. The molecule has 198 valence electrons. The molecule has 0 spiro atoms. The van der Waals surface area contributed by atoms with Gasteiger partial charge in [0, 0.05) is 25.6 Å². The maximum atomic E-state index is 11.9. The van der Waals surface area contributed by atoms with E-state index in [0.717, 1.165) is 17.4 Å². The molecular formula is C17H38F6NO5PSSi. The molecule has 0 saturated carbocycles. The van der Waals surface area contributed by atoms with Crippen molar-refractivity contribution < 1.29 is 52.5 Å². The van der Waals surface area contributed by atoms with E-state index in [9.17, 15) is 30.0 Å². The van der Waals surface area contributed by atoms with Gasteiger partial charge in [0.2, 0.25) is 0 Å². The molecule has 6 nitrogen and oxygen atoms in total. The second kappa shape index (κ2) is 13.1. The molecule has 0 heterocycles. The van der Waals surface area contributed by atoms with Gasteiger partial charge in [-0.2, -0.15) is 11.8 Å². The van der Waals surface area contributed by atoms with E-state index in [-0.39, 0.29) is 10.8 Å². The number of carbonyl (C=O) groups excluding carboxylic acids is 1. The Balaban J connectivity index is 0. The Morgan fingerprint density at radius 3 is 1.62 bits per heavy atom. The summed E-state index contributed by atoms with van der Waals surface area (Å²) < 4.78 is 83.2. The van der Waals surface area contributed by atoms with E-state index in [2.05, 4.69) is 28.1 Å². The van der Waals surface area contributed by atoms with Crippen molar-refractivity contribution in [3.05, 3.63) is 0 Å². The third-order valence-electron chi connectivity index (χ3n) is 3.45. The number of rotatable bonds is 15. The van der Waals surface area contributed by atoms with Gasteiger partial charge in [0.25, 0.3) is 0 Å². The number of ether oxygens (including phenoxy) is 1. The van der Waals surface area contributed by atoms with Crippen molar-refractivity contribution in [2.24, 2.45) is 0 Å². The minimum atomic E-state index is -10.7. The fourth-order valence-corrected chi connectivity index (χ4v) is 7.37. The number of nitrogens with zero attached hydrogens (tertiary/aromatic N) is 1. The molecule has 0 N–H and O–H groups in total. The summed E-state index contributed by atoms with van der Waals surface area (Å²) in [6.07, 6.45) is 1.28. The van der Waals surface area contributed by atoms with Crippen LogP contribution in [0.5, 0.6) is 0 Å². The van der Waals surface area contributed by atoms with Crippen molar-refractivity contribution in [2.45, 2.75) is 45.4 Å². The monoisotopic (exact) mass is 541 g/mol. The molecule has 15 heteroatoms. The van der Waals surface area contributed by atoms with E-state index < -0.39 is 16.6 Å². The van der Waals surface area contributed by atoms with Crippen molar-refractivity contribution >= 4 is 34.3 Å². The van der Waals surface area contributed by atoms with Gasteiger partial charge in [-0.1, -0.05) is 6.92 Å². The van der Waals surface area contributed by atoms with Crippen LogP contribution in [0.2, 0.25) is 0 Å². The van der Waals surface area contributed by atoms with Crippen LogP contribution >= 0.6 is 19.6 Å². The Bertz CT molecular complexity index is 523. The van der Waals surface area contributed by atoms with Gasteiger partial charge in [-0.05, 0) is 27.2 Å². The van der Waals surface area contributed by atoms with Gasteiger partial charge in [0.05, 0.1) is 32.4 Å². The first kappa shape index (κ1) is 34.1. The number of hydrogen-bond acceptors (Lipinski definition) is 6. The SMILES string of the molecule is CCO[Si](OCC)(OCC)C(CC)SCCC(=O)OCC[N+](C)(C)C.F[P-](F)(F)(F)(F)F. The fourth-order valence-electron chi connectivity index (χ4n) is 2.27. The summed E-state index contributed by atoms with van der Waals surface area (Å²) in [4.78, 5) is 12.0. The van der Waals surface area contributed by atoms with Gasteiger partial charge in [0.1, 0.15) is 13.2 Å². The van der Waals surface area contributed by atoms with E-state index in [4.69, 9.17) is 18.0 Å². The molecule has 0 aliphatic rings. The van der Waals surface area contributed by atoms with Crippen LogP contribution in [-0.4, -0.2) is 84.0 Å². The maximum absolute atomic E-state index is 11.9. The number of halogens is 6.